The van der Waals surface area contributed by atoms with Gasteiger partial charge in [0.15, 0.2) is 11.6 Å². The van der Waals surface area contributed by atoms with Gasteiger partial charge in [0, 0.05) is 40.8 Å². The van der Waals surface area contributed by atoms with Crippen molar-refractivity contribution < 1.29 is 14.5 Å². The largest absolute Gasteiger partial charge is 0.398 e. The lowest BCUT2D eigenvalue weighted by Gasteiger charge is -2.19. The molecule has 1 unspecified atom stereocenters. The molecule has 158 valence electrons. The summed E-state index contributed by atoms with van der Waals surface area (Å²) in [6, 6.07) is 1.70. The van der Waals surface area contributed by atoms with Gasteiger partial charge in [0.2, 0.25) is 0 Å². The summed E-state index contributed by atoms with van der Waals surface area (Å²) in [5.74, 6) is -0.0792. The molecule has 6 heteroatoms. The van der Waals surface area contributed by atoms with E-state index in [4.69, 9.17) is 5.73 Å². The molecule has 0 spiro atoms. The Kier molecular flexibility index (Phi) is 3.92. The van der Waals surface area contributed by atoms with E-state index in [9.17, 15) is 19.7 Å². The Morgan fingerprint density at radius 1 is 0.903 bits per heavy atom. The van der Waals surface area contributed by atoms with E-state index in [-0.39, 0.29) is 28.1 Å². The second-order valence-corrected chi connectivity index (χ2v) is 9.45. The summed E-state index contributed by atoms with van der Waals surface area (Å²) in [5.41, 5.74) is 15.8. The SMILES string of the molecule is Nc1c(CC2Cc3c([N+](=O)[O-])cc4c(c3C2=O)CCC4)c2c(c3c1CCC3=O)CCC2. The molecular weight excluding hydrogens is 392 g/mol. The zero-order valence-electron chi connectivity index (χ0n) is 17.4. The maximum atomic E-state index is 13.5. The van der Waals surface area contributed by atoms with Gasteiger partial charge in [0.1, 0.15) is 0 Å². The summed E-state index contributed by atoms with van der Waals surface area (Å²) in [7, 11) is 0. The van der Waals surface area contributed by atoms with E-state index in [0.717, 1.165) is 77.5 Å². The minimum atomic E-state index is -0.333. The number of fused-ring (bicyclic) bond motifs is 6. The third-order valence-corrected chi connectivity index (χ3v) is 7.92. The number of carbonyl (C=O) groups excluding carboxylic acids is 2. The lowest BCUT2D eigenvalue weighted by atomic mass is 9.86. The third-order valence-electron chi connectivity index (χ3n) is 7.92. The van der Waals surface area contributed by atoms with Crippen LogP contribution in [-0.2, 0) is 44.9 Å². The fourth-order valence-corrected chi connectivity index (χ4v) is 6.60. The van der Waals surface area contributed by atoms with Crippen LogP contribution in [-0.4, -0.2) is 16.5 Å². The van der Waals surface area contributed by atoms with E-state index in [2.05, 4.69) is 0 Å². The molecule has 0 heterocycles. The topological polar surface area (TPSA) is 103 Å². The molecular formula is C25H24N2O4. The Labute approximate surface area is 180 Å². The first kappa shape index (κ1) is 18.7. The second-order valence-electron chi connectivity index (χ2n) is 9.45. The molecule has 1 atom stereocenters. The van der Waals surface area contributed by atoms with E-state index in [0.29, 0.717) is 42.5 Å². The quantitative estimate of drug-likeness (QED) is 0.465. The van der Waals surface area contributed by atoms with Gasteiger partial charge in [-0.05, 0) is 91.2 Å². The van der Waals surface area contributed by atoms with E-state index in [1.165, 1.54) is 0 Å². The first-order valence-corrected chi connectivity index (χ1v) is 11.3. The molecule has 4 aliphatic carbocycles. The predicted molar refractivity (Wildman–Crippen MR) is 116 cm³/mol. The zero-order valence-corrected chi connectivity index (χ0v) is 17.4. The molecule has 4 aliphatic rings. The van der Waals surface area contributed by atoms with E-state index in [1.807, 2.05) is 0 Å². The van der Waals surface area contributed by atoms with E-state index >= 15 is 0 Å². The summed E-state index contributed by atoms with van der Waals surface area (Å²) in [6.07, 6.45) is 7.47. The molecule has 2 N–H and O–H groups in total. The van der Waals surface area contributed by atoms with Crippen molar-refractivity contribution in [2.45, 2.75) is 64.2 Å². The molecule has 31 heavy (non-hydrogen) atoms. The molecule has 0 aliphatic heterocycles. The Hall–Kier alpha value is -3.02. The summed E-state index contributed by atoms with van der Waals surface area (Å²) in [6.45, 7) is 0. The molecule has 0 amide bonds. The Bertz CT molecular complexity index is 1230. The Morgan fingerprint density at radius 3 is 2.45 bits per heavy atom. The number of carbonyl (C=O) groups is 2. The molecule has 0 bridgehead atoms. The monoisotopic (exact) mass is 416 g/mol. The first-order valence-electron chi connectivity index (χ1n) is 11.3. The molecule has 2 aromatic rings. The van der Waals surface area contributed by atoms with Crippen LogP contribution in [0.2, 0.25) is 0 Å². The number of Topliss-reactive ketones (excluding diaryl/α,β-unsaturated/α-hetero) is 2. The third kappa shape index (κ3) is 2.51. The van der Waals surface area contributed by atoms with Gasteiger partial charge < -0.3 is 5.73 Å². The minimum absolute atomic E-state index is 0.0413. The van der Waals surface area contributed by atoms with Crippen LogP contribution in [0.1, 0.15) is 78.9 Å². The number of nitro benzene ring substituents is 1. The Balaban J connectivity index is 1.44. The number of hydrogen-bond donors (Lipinski definition) is 1. The van der Waals surface area contributed by atoms with Crippen molar-refractivity contribution >= 4 is 22.9 Å². The molecule has 0 aromatic heterocycles. The van der Waals surface area contributed by atoms with Crippen LogP contribution < -0.4 is 5.73 Å². The van der Waals surface area contributed by atoms with Crippen molar-refractivity contribution in [3.8, 4) is 0 Å². The average molecular weight is 416 g/mol. The number of nitrogens with zero attached hydrogens (tertiary/aromatic N) is 1. The molecule has 0 saturated carbocycles. The van der Waals surface area contributed by atoms with Crippen molar-refractivity contribution in [3.63, 3.8) is 0 Å². The normalized spacial score (nSPS) is 20.7. The predicted octanol–water partition coefficient (Wildman–Crippen LogP) is 3.88. The van der Waals surface area contributed by atoms with Crippen LogP contribution in [0.4, 0.5) is 11.4 Å². The van der Waals surface area contributed by atoms with Crippen molar-refractivity contribution in [2.75, 3.05) is 5.73 Å². The lowest BCUT2D eigenvalue weighted by Crippen LogP contribution is -2.17. The van der Waals surface area contributed by atoms with Crippen LogP contribution in [0, 0.1) is 16.0 Å². The molecule has 0 fully saturated rings. The average Bonchev–Trinajstić information content (AvgIpc) is 3.50. The van der Waals surface area contributed by atoms with Gasteiger partial charge in [-0.25, -0.2) is 0 Å². The molecule has 0 radical (unpaired) electrons. The highest BCUT2D eigenvalue weighted by atomic mass is 16.6. The smallest absolute Gasteiger partial charge is 0.273 e. The van der Waals surface area contributed by atoms with Crippen LogP contribution in [0.15, 0.2) is 6.07 Å². The number of benzene rings is 2. The second kappa shape index (κ2) is 6.49. The minimum Gasteiger partial charge on any atom is -0.398 e. The van der Waals surface area contributed by atoms with Crippen molar-refractivity contribution in [2.24, 2.45) is 5.92 Å². The molecule has 0 saturated heterocycles. The summed E-state index contributed by atoms with van der Waals surface area (Å²) in [5, 5.41) is 11.7. The zero-order chi connectivity index (χ0) is 21.4. The number of hydrogen-bond acceptors (Lipinski definition) is 5. The van der Waals surface area contributed by atoms with Gasteiger partial charge in [0.25, 0.3) is 5.69 Å². The standard InChI is InChI=1S/C25H24N2O4/c26-24-17-7-8-21(28)22(17)16-6-2-5-15(16)18(24)9-13-10-19-20(27(30)31)11-12-3-1-4-14(12)23(19)25(13)29/h11,13H,1-10,26H2. The van der Waals surface area contributed by atoms with Gasteiger partial charge in [-0.2, -0.15) is 0 Å². The Morgan fingerprint density at radius 2 is 1.65 bits per heavy atom. The van der Waals surface area contributed by atoms with Crippen molar-refractivity contribution in [1.29, 1.82) is 0 Å². The van der Waals surface area contributed by atoms with Crippen LogP contribution in [0.5, 0.6) is 0 Å². The molecule has 6 rings (SSSR count). The molecule has 2 aromatic carbocycles. The fourth-order valence-electron chi connectivity index (χ4n) is 6.60. The van der Waals surface area contributed by atoms with Gasteiger partial charge >= 0.3 is 0 Å². The van der Waals surface area contributed by atoms with Gasteiger partial charge in [0.05, 0.1) is 4.92 Å². The van der Waals surface area contributed by atoms with Crippen molar-refractivity contribution in [3.05, 3.63) is 66.3 Å². The number of rotatable bonds is 3. The number of aryl methyl sites for hydroxylation is 1. The number of ketones is 2. The van der Waals surface area contributed by atoms with Gasteiger partial charge in [-0.3, -0.25) is 19.7 Å². The first-order chi connectivity index (χ1) is 15.0. The summed E-state index contributed by atoms with van der Waals surface area (Å²) >= 11 is 0. The number of nitrogens with two attached hydrogens (primary N) is 1. The number of nitrogen functional groups attached to an aromatic ring is 1. The maximum absolute atomic E-state index is 13.5. The number of anilines is 1. The van der Waals surface area contributed by atoms with Crippen LogP contribution >= 0.6 is 0 Å². The highest BCUT2D eigenvalue weighted by Crippen LogP contribution is 2.45. The van der Waals surface area contributed by atoms with E-state index < -0.39 is 0 Å². The fraction of sp³-hybridized carbons (Fsp3) is 0.440. The summed E-state index contributed by atoms with van der Waals surface area (Å²) < 4.78 is 0. The van der Waals surface area contributed by atoms with Crippen molar-refractivity contribution in [1.82, 2.24) is 0 Å². The highest BCUT2D eigenvalue weighted by Gasteiger charge is 2.41. The molecule has 6 nitrogen and oxygen atoms in total. The maximum Gasteiger partial charge on any atom is 0.273 e. The van der Waals surface area contributed by atoms with E-state index in [1.54, 1.807) is 6.07 Å². The van der Waals surface area contributed by atoms with Crippen LogP contribution in [0.25, 0.3) is 0 Å². The summed E-state index contributed by atoms with van der Waals surface area (Å²) in [4.78, 5) is 37.4. The highest BCUT2D eigenvalue weighted by molar-refractivity contribution is 6.06. The van der Waals surface area contributed by atoms with Gasteiger partial charge in [-0.15, -0.1) is 0 Å². The number of nitro groups is 1. The lowest BCUT2D eigenvalue weighted by molar-refractivity contribution is -0.385. The van der Waals surface area contributed by atoms with Gasteiger partial charge in [-0.1, -0.05) is 0 Å². The van der Waals surface area contributed by atoms with Crippen LogP contribution in [0.3, 0.4) is 0 Å².